The van der Waals surface area contributed by atoms with Crippen LogP contribution in [0, 0.1) is 0 Å². The van der Waals surface area contributed by atoms with Crippen LogP contribution >= 0.6 is 7.82 Å². The van der Waals surface area contributed by atoms with Crippen molar-refractivity contribution in [1.82, 2.24) is 5.32 Å². The molecule has 0 aromatic heterocycles. The molecule has 0 aromatic carbocycles. The quantitative estimate of drug-likeness (QED) is 0.0799. The number of hydrogen-bond donors (Lipinski definition) is 8. The van der Waals surface area contributed by atoms with Crippen molar-refractivity contribution in [3.8, 4) is 0 Å². The number of ether oxygens (including phenoxy) is 4. The Morgan fingerprint density at radius 3 is 2.13 bits per heavy atom. The fourth-order valence-corrected chi connectivity index (χ4v) is 4.68. The Morgan fingerprint density at radius 1 is 0.895 bits per heavy atom. The summed E-state index contributed by atoms with van der Waals surface area (Å²) >= 11 is 0. The number of amides is 1. The predicted molar refractivity (Wildman–Crippen MR) is 128 cm³/mol. The Labute approximate surface area is 221 Å². The van der Waals surface area contributed by atoms with E-state index in [1.165, 1.54) is 6.92 Å². The van der Waals surface area contributed by atoms with Crippen molar-refractivity contribution in [1.29, 1.82) is 0 Å². The lowest BCUT2D eigenvalue weighted by Crippen LogP contribution is -2.67. The Balaban J connectivity index is 2.19. The van der Waals surface area contributed by atoms with Gasteiger partial charge >= 0.3 is 7.82 Å². The first-order valence-electron chi connectivity index (χ1n) is 12.8. The van der Waals surface area contributed by atoms with Crippen LogP contribution in [0.15, 0.2) is 0 Å². The SMILES string of the molecule is CCCCCCCCO[C@@H]1O[C@H](COP(=O)(O)O)[C@@H](O[C@@H]2O[C@H](CO)[C@H](O)[C@H](O)[C@H]2O)[C@H](O)[C@H]1NC(C)=O. The van der Waals surface area contributed by atoms with Gasteiger partial charge in [-0.25, -0.2) is 4.57 Å². The molecule has 0 unspecified atom stereocenters. The zero-order valence-corrected chi connectivity index (χ0v) is 22.5. The largest absolute Gasteiger partial charge is 0.469 e. The van der Waals surface area contributed by atoms with Crippen molar-refractivity contribution in [2.45, 2.75) is 114 Å². The molecular formula is C22H42NO14P. The summed E-state index contributed by atoms with van der Waals surface area (Å²) in [5, 5.41) is 53.5. The van der Waals surface area contributed by atoms with Crippen molar-refractivity contribution < 1.29 is 68.2 Å². The molecule has 2 saturated heterocycles. The van der Waals surface area contributed by atoms with E-state index in [-0.39, 0.29) is 6.61 Å². The highest BCUT2D eigenvalue weighted by Crippen LogP contribution is 2.38. The number of hydrogen-bond acceptors (Lipinski definition) is 12. The van der Waals surface area contributed by atoms with E-state index in [4.69, 9.17) is 18.9 Å². The summed E-state index contributed by atoms with van der Waals surface area (Å²) in [4.78, 5) is 30.2. The number of phosphoric ester groups is 1. The first kappa shape index (κ1) is 33.4. The van der Waals surface area contributed by atoms with E-state index in [1.807, 2.05) is 0 Å². The molecule has 224 valence electrons. The molecule has 2 rings (SSSR count). The van der Waals surface area contributed by atoms with E-state index in [0.717, 1.165) is 32.1 Å². The maximum absolute atomic E-state index is 11.9. The number of phosphoric acid groups is 1. The molecule has 0 aliphatic carbocycles. The fourth-order valence-electron chi connectivity index (χ4n) is 4.34. The van der Waals surface area contributed by atoms with Crippen LogP contribution in [0.1, 0.15) is 52.4 Å². The average molecular weight is 576 g/mol. The topological polar surface area (TPSA) is 234 Å². The van der Waals surface area contributed by atoms with Crippen LogP contribution in [0.3, 0.4) is 0 Å². The Kier molecular flexibility index (Phi) is 14.0. The Morgan fingerprint density at radius 2 is 1.53 bits per heavy atom. The van der Waals surface area contributed by atoms with Crippen molar-refractivity contribution in [3.05, 3.63) is 0 Å². The molecule has 0 radical (unpaired) electrons. The van der Waals surface area contributed by atoms with Crippen LogP contribution in [0.2, 0.25) is 0 Å². The summed E-state index contributed by atoms with van der Waals surface area (Å²) in [7, 11) is -4.98. The number of nitrogens with one attached hydrogen (secondary N) is 1. The fraction of sp³-hybridized carbons (Fsp3) is 0.955. The molecule has 2 aliphatic rings. The standard InChI is InChI=1S/C22H42NO14P/c1-3-4-5-6-7-8-9-33-21-15(23-12(2)25)17(27)20(14(36-21)11-34-38(30,31)32)37-22-19(29)18(28)16(26)13(10-24)35-22/h13-22,24,26-29H,3-11H2,1-2H3,(H,23,25)(H2,30,31,32)/t13-,14-,15-,16+,17-,18+,19-,20-,21-,22+/m1/s1. The third kappa shape index (κ3) is 10.0. The van der Waals surface area contributed by atoms with Crippen molar-refractivity contribution >= 4 is 13.7 Å². The zero-order valence-electron chi connectivity index (χ0n) is 21.6. The van der Waals surface area contributed by atoms with Gasteiger partial charge < -0.3 is 59.6 Å². The average Bonchev–Trinajstić information content (AvgIpc) is 2.85. The molecule has 10 atom stereocenters. The van der Waals surface area contributed by atoms with Gasteiger partial charge in [-0.2, -0.15) is 0 Å². The molecule has 0 saturated carbocycles. The van der Waals surface area contributed by atoms with Gasteiger partial charge in [-0.15, -0.1) is 0 Å². The van der Waals surface area contributed by atoms with E-state index >= 15 is 0 Å². The zero-order chi connectivity index (χ0) is 28.5. The van der Waals surface area contributed by atoms with Crippen LogP contribution < -0.4 is 5.32 Å². The first-order valence-corrected chi connectivity index (χ1v) is 14.3. The minimum Gasteiger partial charge on any atom is -0.394 e. The highest BCUT2D eigenvalue weighted by Gasteiger charge is 2.51. The molecule has 15 nitrogen and oxygen atoms in total. The second-order valence-corrected chi connectivity index (χ2v) is 10.7. The van der Waals surface area contributed by atoms with E-state index in [0.29, 0.717) is 6.42 Å². The van der Waals surface area contributed by atoms with Gasteiger partial charge in [0.15, 0.2) is 12.6 Å². The molecule has 0 spiro atoms. The van der Waals surface area contributed by atoms with Crippen LogP contribution in [-0.2, 0) is 32.8 Å². The lowest BCUT2D eigenvalue weighted by molar-refractivity contribution is -0.348. The lowest BCUT2D eigenvalue weighted by atomic mass is 9.95. The van der Waals surface area contributed by atoms with Gasteiger partial charge in [0.1, 0.15) is 48.8 Å². The van der Waals surface area contributed by atoms with Crippen molar-refractivity contribution in [2.24, 2.45) is 0 Å². The summed E-state index contributed by atoms with van der Waals surface area (Å²) in [5.41, 5.74) is 0. The number of aliphatic hydroxyl groups excluding tert-OH is 5. The minimum absolute atomic E-state index is 0.212. The Bertz CT molecular complexity index is 754. The summed E-state index contributed by atoms with van der Waals surface area (Å²) in [6.45, 7) is 2.01. The molecule has 38 heavy (non-hydrogen) atoms. The molecule has 2 aliphatic heterocycles. The molecule has 8 N–H and O–H groups in total. The van der Waals surface area contributed by atoms with Gasteiger partial charge in [-0.05, 0) is 6.42 Å². The molecule has 16 heteroatoms. The maximum Gasteiger partial charge on any atom is 0.469 e. The van der Waals surface area contributed by atoms with Crippen LogP contribution in [0.25, 0.3) is 0 Å². The molecule has 1 amide bonds. The van der Waals surface area contributed by atoms with Gasteiger partial charge in [0.05, 0.1) is 13.2 Å². The van der Waals surface area contributed by atoms with E-state index in [1.54, 1.807) is 0 Å². The van der Waals surface area contributed by atoms with Crippen molar-refractivity contribution in [2.75, 3.05) is 19.8 Å². The molecule has 2 fully saturated rings. The lowest BCUT2D eigenvalue weighted by Gasteiger charge is -2.47. The molecular weight excluding hydrogens is 533 g/mol. The van der Waals surface area contributed by atoms with E-state index in [2.05, 4.69) is 16.8 Å². The monoisotopic (exact) mass is 575 g/mol. The van der Waals surface area contributed by atoms with Gasteiger partial charge in [0.2, 0.25) is 5.91 Å². The third-order valence-corrected chi connectivity index (χ3v) is 6.86. The second-order valence-electron chi connectivity index (χ2n) is 9.48. The van der Waals surface area contributed by atoms with Gasteiger partial charge in [0, 0.05) is 13.5 Å². The summed E-state index contributed by atoms with van der Waals surface area (Å²) in [6.07, 6.45) is -8.22. The molecule has 0 aromatic rings. The smallest absolute Gasteiger partial charge is 0.394 e. The Hall–Kier alpha value is -0.780. The van der Waals surface area contributed by atoms with Gasteiger partial charge in [0.25, 0.3) is 0 Å². The summed E-state index contributed by atoms with van der Waals surface area (Å²) in [5.74, 6) is -0.540. The minimum atomic E-state index is -4.98. The highest BCUT2D eigenvalue weighted by atomic mass is 31.2. The summed E-state index contributed by atoms with van der Waals surface area (Å²) in [6, 6.07) is -1.20. The molecule has 0 bridgehead atoms. The third-order valence-electron chi connectivity index (χ3n) is 6.37. The van der Waals surface area contributed by atoms with Crippen LogP contribution in [-0.4, -0.2) is 122 Å². The number of rotatable bonds is 15. The van der Waals surface area contributed by atoms with Crippen LogP contribution in [0.5, 0.6) is 0 Å². The number of unbranched alkanes of at least 4 members (excludes halogenated alkanes) is 5. The maximum atomic E-state index is 11.9. The number of carbonyl (C=O) groups excluding carboxylic acids is 1. The summed E-state index contributed by atoms with van der Waals surface area (Å²) < 4.78 is 38.5. The van der Waals surface area contributed by atoms with Gasteiger partial charge in [-0.1, -0.05) is 39.0 Å². The number of aliphatic hydroxyl groups is 5. The van der Waals surface area contributed by atoms with E-state index in [9.17, 15) is 44.7 Å². The highest BCUT2D eigenvalue weighted by molar-refractivity contribution is 7.46. The molecule has 2 heterocycles. The number of carbonyl (C=O) groups is 1. The first-order chi connectivity index (χ1) is 17.9. The van der Waals surface area contributed by atoms with E-state index < -0.39 is 88.3 Å². The van der Waals surface area contributed by atoms with Crippen molar-refractivity contribution in [3.63, 3.8) is 0 Å². The second kappa shape index (κ2) is 15.9. The van der Waals surface area contributed by atoms with Gasteiger partial charge in [-0.3, -0.25) is 9.32 Å². The van der Waals surface area contributed by atoms with Crippen LogP contribution in [0.4, 0.5) is 0 Å². The predicted octanol–water partition coefficient (Wildman–Crippen LogP) is -1.75. The normalized spacial score (nSPS) is 36.2.